The molecule has 1 aliphatic heterocycles. The van der Waals surface area contributed by atoms with Crippen LogP contribution < -0.4 is 10.2 Å². The largest absolute Gasteiger partial charge is 0.353 e. The van der Waals surface area contributed by atoms with Crippen LogP contribution in [0.4, 0.5) is 5.82 Å². The molecule has 1 aliphatic rings. The molecule has 7 heteroatoms. The van der Waals surface area contributed by atoms with E-state index in [1.54, 1.807) is 36.9 Å². The zero-order valence-electron chi connectivity index (χ0n) is 13.2. The first kappa shape index (κ1) is 14.6. The van der Waals surface area contributed by atoms with E-state index in [1.165, 1.54) is 0 Å². The van der Waals surface area contributed by atoms with Crippen molar-refractivity contribution in [3.8, 4) is 0 Å². The maximum absolute atomic E-state index is 12.3. The quantitative estimate of drug-likeness (QED) is 0.791. The molecule has 0 aliphatic carbocycles. The van der Waals surface area contributed by atoms with Crippen molar-refractivity contribution in [2.24, 2.45) is 0 Å². The lowest BCUT2D eigenvalue weighted by Gasteiger charge is -2.34. The van der Waals surface area contributed by atoms with Gasteiger partial charge >= 0.3 is 0 Å². The number of aromatic nitrogens is 4. The second kappa shape index (κ2) is 6.27. The van der Waals surface area contributed by atoms with Crippen molar-refractivity contribution in [2.45, 2.75) is 18.9 Å². The molecule has 1 fully saturated rings. The lowest BCUT2D eigenvalue weighted by Crippen LogP contribution is -2.48. The summed E-state index contributed by atoms with van der Waals surface area (Å²) in [4.78, 5) is 23.1. The second-order valence-corrected chi connectivity index (χ2v) is 5.91. The molecular formula is C17H18N6O. The third-order valence-corrected chi connectivity index (χ3v) is 4.28. The van der Waals surface area contributed by atoms with Crippen molar-refractivity contribution in [2.75, 3.05) is 18.0 Å². The van der Waals surface area contributed by atoms with E-state index < -0.39 is 0 Å². The predicted molar refractivity (Wildman–Crippen MR) is 89.9 cm³/mol. The first-order chi connectivity index (χ1) is 11.8. The third-order valence-electron chi connectivity index (χ3n) is 4.28. The van der Waals surface area contributed by atoms with Crippen molar-refractivity contribution >= 4 is 17.2 Å². The number of amides is 1. The fourth-order valence-electron chi connectivity index (χ4n) is 3.14. The highest BCUT2D eigenvalue weighted by Crippen LogP contribution is 2.22. The average molecular weight is 322 g/mol. The number of hydrogen-bond acceptors (Lipinski definition) is 5. The topological polar surface area (TPSA) is 75.4 Å². The fourth-order valence-corrected chi connectivity index (χ4v) is 3.14. The van der Waals surface area contributed by atoms with Gasteiger partial charge in [-0.15, -0.1) is 0 Å². The van der Waals surface area contributed by atoms with Crippen LogP contribution in [0.3, 0.4) is 0 Å². The summed E-state index contributed by atoms with van der Waals surface area (Å²) in [5, 5.41) is 7.36. The second-order valence-electron chi connectivity index (χ2n) is 5.91. The van der Waals surface area contributed by atoms with E-state index in [0.29, 0.717) is 5.56 Å². The van der Waals surface area contributed by atoms with Crippen LogP contribution in [-0.2, 0) is 0 Å². The van der Waals surface area contributed by atoms with Gasteiger partial charge in [-0.05, 0) is 31.0 Å². The monoisotopic (exact) mass is 322 g/mol. The van der Waals surface area contributed by atoms with Gasteiger partial charge in [-0.25, -0.2) is 9.50 Å². The van der Waals surface area contributed by atoms with Gasteiger partial charge in [0.25, 0.3) is 5.91 Å². The Morgan fingerprint density at radius 3 is 3.08 bits per heavy atom. The van der Waals surface area contributed by atoms with Crippen LogP contribution in [0.2, 0.25) is 0 Å². The van der Waals surface area contributed by atoms with Crippen LogP contribution in [0.15, 0.2) is 49.2 Å². The molecule has 7 nitrogen and oxygen atoms in total. The standard InChI is InChI=1S/C17H18N6O/c24-17(13-3-1-6-18-11-13)21-14-4-2-9-22(12-14)16-15-5-7-20-23(15)10-8-19-16/h1,3,5-8,10-11,14H,2,4,9,12H2,(H,21,24). The van der Waals surface area contributed by atoms with E-state index in [0.717, 1.165) is 37.3 Å². The summed E-state index contributed by atoms with van der Waals surface area (Å²) in [5.41, 5.74) is 1.57. The van der Waals surface area contributed by atoms with Crippen LogP contribution in [0.5, 0.6) is 0 Å². The highest BCUT2D eigenvalue weighted by Gasteiger charge is 2.24. The number of nitrogens with zero attached hydrogens (tertiary/aromatic N) is 5. The summed E-state index contributed by atoms with van der Waals surface area (Å²) in [6, 6.07) is 5.60. The van der Waals surface area contributed by atoms with Crippen LogP contribution in [0.25, 0.3) is 5.52 Å². The molecule has 3 aromatic rings. The Morgan fingerprint density at radius 1 is 1.25 bits per heavy atom. The van der Waals surface area contributed by atoms with Crippen molar-refractivity contribution in [3.05, 3.63) is 54.7 Å². The van der Waals surface area contributed by atoms with Gasteiger partial charge in [0.2, 0.25) is 0 Å². The van der Waals surface area contributed by atoms with Gasteiger partial charge in [0.15, 0.2) is 5.82 Å². The van der Waals surface area contributed by atoms with Crippen molar-refractivity contribution in [1.29, 1.82) is 0 Å². The summed E-state index contributed by atoms with van der Waals surface area (Å²) in [6.45, 7) is 1.67. The van der Waals surface area contributed by atoms with E-state index in [4.69, 9.17) is 0 Å². The summed E-state index contributed by atoms with van der Waals surface area (Å²) in [7, 11) is 0. The SMILES string of the molecule is O=C(NC1CCCN(c2nccn3nccc23)C1)c1cccnc1. The molecule has 0 spiro atoms. The zero-order chi connectivity index (χ0) is 16.4. The smallest absolute Gasteiger partial charge is 0.253 e. The Balaban J connectivity index is 1.50. The molecule has 0 aromatic carbocycles. The van der Waals surface area contributed by atoms with Crippen LogP contribution in [0.1, 0.15) is 23.2 Å². The zero-order valence-corrected chi connectivity index (χ0v) is 13.2. The molecule has 3 aromatic heterocycles. The molecule has 0 radical (unpaired) electrons. The summed E-state index contributed by atoms with van der Waals surface area (Å²) in [5.74, 6) is 0.834. The number of hydrogen-bond donors (Lipinski definition) is 1. The summed E-state index contributed by atoms with van der Waals surface area (Å²) < 4.78 is 1.82. The lowest BCUT2D eigenvalue weighted by atomic mass is 10.1. The number of nitrogens with one attached hydrogen (secondary N) is 1. The molecule has 24 heavy (non-hydrogen) atoms. The first-order valence-corrected chi connectivity index (χ1v) is 8.05. The lowest BCUT2D eigenvalue weighted by molar-refractivity contribution is 0.0933. The number of rotatable bonds is 3. The minimum atomic E-state index is -0.0783. The first-order valence-electron chi connectivity index (χ1n) is 8.05. The number of pyridine rings is 1. The van der Waals surface area contributed by atoms with Gasteiger partial charge in [0, 0.05) is 43.9 Å². The molecule has 4 heterocycles. The predicted octanol–water partition coefficient (Wildman–Crippen LogP) is 1.52. The number of anilines is 1. The van der Waals surface area contributed by atoms with E-state index in [1.807, 2.05) is 16.8 Å². The van der Waals surface area contributed by atoms with Gasteiger partial charge < -0.3 is 10.2 Å². The molecule has 1 N–H and O–H groups in total. The molecule has 1 atom stereocenters. The van der Waals surface area contributed by atoms with E-state index in [9.17, 15) is 4.79 Å². The van der Waals surface area contributed by atoms with Gasteiger partial charge in [-0.2, -0.15) is 5.10 Å². The van der Waals surface area contributed by atoms with Crippen LogP contribution in [0, 0.1) is 0 Å². The number of piperidine rings is 1. The Hall–Kier alpha value is -2.96. The van der Waals surface area contributed by atoms with Crippen molar-refractivity contribution in [1.82, 2.24) is 24.9 Å². The molecule has 122 valence electrons. The van der Waals surface area contributed by atoms with Crippen molar-refractivity contribution < 1.29 is 4.79 Å². The molecule has 4 rings (SSSR count). The molecular weight excluding hydrogens is 304 g/mol. The van der Waals surface area contributed by atoms with E-state index in [-0.39, 0.29) is 11.9 Å². The number of fused-ring (bicyclic) bond motifs is 1. The number of carbonyl (C=O) groups is 1. The highest BCUT2D eigenvalue weighted by molar-refractivity contribution is 5.94. The molecule has 0 bridgehead atoms. The summed E-state index contributed by atoms with van der Waals surface area (Å²) in [6.07, 6.45) is 10.6. The third kappa shape index (κ3) is 2.80. The van der Waals surface area contributed by atoms with E-state index >= 15 is 0 Å². The number of carbonyl (C=O) groups excluding carboxylic acids is 1. The Morgan fingerprint density at radius 2 is 2.21 bits per heavy atom. The molecule has 1 amide bonds. The van der Waals surface area contributed by atoms with E-state index in [2.05, 4.69) is 25.3 Å². The minimum absolute atomic E-state index is 0.0783. The molecule has 0 saturated carbocycles. The summed E-state index contributed by atoms with van der Waals surface area (Å²) >= 11 is 0. The average Bonchev–Trinajstić information content (AvgIpc) is 3.11. The normalized spacial score (nSPS) is 17.8. The van der Waals surface area contributed by atoms with Crippen LogP contribution in [-0.4, -0.2) is 44.6 Å². The van der Waals surface area contributed by atoms with Gasteiger partial charge in [0.05, 0.1) is 11.8 Å². The molecule has 1 unspecified atom stereocenters. The highest BCUT2D eigenvalue weighted by atomic mass is 16.1. The van der Waals surface area contributed by atoms with Crippen molar-refractivity contribution in [3.63, 3.8) is 0 Å². The maximum atomic E-state index is 12.3. The molecule has 1 saturated heterocycles. The van der Waals surface area contributed by atoms with Gasteiger partial charge in [-0.1, -0.05) is 0 Å². The Bertz CT molecular complexity index is 846. The Labute approximate surface area is 139 Å². The van der Waals surface area contributed by atoms with Crippen LogP contribution >= 0.6 is 0 Å². The Kier molecular flexibility index (Phi) is 3.82. The minimum Gasteiger partial charge on any atom is -0.353 e. The van der Waals surface area contributed by atoms with Gasteiger partial charge in [0.1, 0.15) is 5.52 Å². The fraction of sp³-hybridized carbons (Fsp3) is 0.294. The van der Waals surface area contributed by atoms with Gasteiger partial charge in [-0.3, -0.25) is 9.78 Å². The maximum Gasteiger partial charge on any atom is 0.253 e.